The van der Waals surface area contributed by atoms with E-state index in [9.17, 15) is 4.39 Å². The number of benzene rings is 1. The first-order chi connectivity index (χ1) is 11.3. The van der Waals surface area contributed by atoms with Crippen molar-refractivity contribution < 1.29 is 4.39 Å². The Morgan fingerprint density at radius 1 is 0.870 bits per heavy atom. The minimum Gasteiger partial charge on any atom is -0.206 e. The number of hydrogen-bond acceptors (Lipinski definition) is 1. The van der Waals surface area contributed by atoms with E-state index in [0.29, 0.717) is 5.56 Å². The molecule has 128 valence electrons. The lowest BCUT2D eigenvalue weighted by molar-refractivity contribution is 0.580. The van der Waals surface area contributed by atoms with Gasteiger partial charge in [0.15, 0.2) is 0 Å². The van der Waals surface area contributed by atoms with Crippen LogP contribution < -0.4 is 0 Å². The lowest BCUT2D eigenvalue weighted by Gasteiger charge is -2.01. The first-order valence-corrected chi connectivity index (χ1v) is 10.3. The van der Waals surface area contributed by atoms with Crippen molar-refractivity contribution in [2.45, 2.75) is 71.1 Å². The maximum Gasteiger partial charge on any atom is 0.138 e. The van der Waals surface area contributed by atoms with Crippen molar-refractivity contribution in [1.82, 2.24) is 0 Å². The van der Waals surface area contributed by atoms with Gasteiger partial charge >= 0.3 is 0 Å². The van der Waals surface area contributed by atoms with Crippen LogP contribution in [0.25, 0.3) is 0 Å². The largest absolute Gasteiger partial charge is 0.206 e. The van der Waals surface area contributed by atoms with Crippen LogP contribution in [0.15, 0.2) is 24.3 Å². The van der Waals surface area contributed by atoms with E-state index in [1.807, 2.05) is 6.07 Å². The van der Waals surface area contributed by atoms with Crippen molar-refractivity contribution in [1.29, 1.82) is 0 Å². The molecule has 0 N–H and O–H groups in total. The molecule has 1 aromatic carbocycles. The predicted molar refractivity (Wildman–Crippen MR) is 102 cm³/mol. The van der Waals surface area contributed by atoms with E-state index in [1.165, 1.54) is 68.9 Å². The van der Waals surface area contributed by atoms with E-state index in [0.717, 1.165) is 12.8 Å². The lowest BCUT2D eigenvalue weighted by atomic mass is 10.1. The molecule has 0 radical (unpaired) electrons. The fourth-order valence-electron chi connectivity index (χ4n) is 2.44. The van der Waals surface area contributed by atoms with E-state index in [4.69, 9.17) is 0 Å². The van der Waals surface area contributed by atoms with Gasteiger partial charge in [-0.05, 0) is 42.9 Å². The molecule has 0 saturated heterocycles. The second kappa shape index (κ2) is 14.6. The third-order valence-corrected chi connectivity index (χ3v) is 5.06. The van der Waals surface area contributed by atoms with Gasteiger partial charge in [0.25, 0.3) is 0 Å². The van der Waals surface area contributed by atoms with Crippen molar-refractivity contribution in [2.75, 3.05) is 11.5 Å². The number of halogens is 1. The molecule has 23 heavy (non-hydrogen) atoms. The maximum atomic E-state index is 13.4. The molecule has 0 aromatic heterocycles. The Labute approximate surface area is 146 Å². The molecule has 0 aliphatic rings. The molecule has 0 atom stereocenters. The number of thioether (sulfide) groups is 1. The Kier molecular flexibility index (Phi) is 12.8. The Bertz CT molecular complexity index is 458. The number of rotatable bonds is 12. The zero-order valence-electron chi connectivity index (χ0n) is 14.6. The average Bonchev–Trinajstić information content (AvgIpc) is 2.57. The molecule has 0 unspecified atom stereocenters. The zero-order chi connectivity index (χ0) is 16.6. The molecule has 0 heterocycles. The van der Waals surface area contributed by atoms with Crippen LogP contribution >= 0.6 is 11.8 Å². The van der Waals surface area contributed by atoms with Crippen LogP contribution in [-0.2, 0) is 0 Å². The smallest absolute Gasteiger partial charge is 0.138 e. The summed E-state index contributed by atoms with van der Waals surface area (Å²) in [6.07, 6.45) is 12.8. The molecule has 1 aromatic rings. The minimum atomic E-state index is -0.215. The summed E-state index contributed by atoms with van der Waals surface area (Å²) < 4.78 is 13.4. The molecule has 0 bridgehead atoms. The highest BCUT2D eigenvalue weighted by Gasteiger charge is 1.95. The fraction of sp³-hybridized carbons (Fsp3) is 0.619. The van der Waals surface area contributed by atoms with Gasteiger partial charge in [-0.1, -0.05) is 69.4 Å². The molecular weight excluding hydrogens is 303 g/mol. The van der Waals surface area contributed by atoms with Crippen molar-refractivity contribution in [3.63, 3.8) is 0 Å². The Balaban J connectivity index is 1.88. The molecule has 0 fully saturated rings. The maximum absolute atomic E-state index is 13.4. The van der Waals surface area contributed by atoms with E-state index in [-0.39, 0.29) is 5.82 Å². The van der Waals surface area contributed by atoms with Crippen LogP contribution in [0.2, 0.25) is 0 Å². The SMILES string of the molecule is CCCSCCCCCCCCCCC#Cc1ccccc1F. The standard InChI is InChI=1S/C21H31FS/c1-2-18-23-19-14-10-8-6-4-3-5-7-9-11-15-20-16-12-13-17-21(20)22/h12-13,16-17H,2-10,14,18-19H2,1H3. The van der Waals surface area contributed by atoms with Crippen molar-refractivity contribution >= 4 is 11.8 Å². The average molecular weight is 335 g/mol. The monoisotopic (exact) mass is 334 g/mol. The number of unbranched alkanes of at least 4 members (excludes halogenated alkanes) is 8. The number of hydrogen-bond donors (Lipinski definition) is 0. The van der Waals surface area contributed by atoms with E-state index < -0.39 is 0 Å². The van der Waals surface area contributed by atoms with Gasteiger partial charge in [0, 0.05) is 6.42 Å². The van der Waals surface area contributed by atoms with Crippen molar-refractivity contribution in [3.8, 4) is 11.8 Å². The summed E-state index contributed by atoms with van der Waals surface area (Å²) >= 11 is 2.10. The van der Waals surface area contributed by atoms with Crippen LogP contribution in [-0.4, -0.2) is 11.5 Å². The summed E-state index contributed by atoms with van der Waals surface area (Å²) in [4.78, 5) is 0. The van der Waals surface area contributed by atoms with E-state index in [2.05, 4.69) is 30.5 Å². The highest BCUT2D eigenvalue weighted by Crippen LogP contribution is 2.12. The van der Waals surface area contributed by atoms with Gasteiger partial charge in [0.1, 0.15) is 5.82 Å². The highest BCUT2D eigenvalue weighted by atomic mass is 32.2. The normalized spacial score (nSPS) is 10.3. The van der Waals surface area contributed by atoms with Crippen LogP contribution in [0.4, 0.5) is 4.39 Å². The summed E-state index contributed by atoms with van der Waals surface area (Å²) in [5.41, 5.74) is 0.518. The highest BCUT2D eigenvalue weighted by molar-refractivity contribution is 7.99. The first kappa shape index (κ1) is 20.1. The van der Waals surface area contributed by atoms with Gasteiger partial charge in [-0.15, -0.1) is 0 Å². The molecule has 0 saturated carbocycles. The summed E-state index contributed by atoms with van der Waals surface area (Å²) in [6, 6.07) is 6.73. The lowest BCUT2D eigenvalue weighted by Crippen LogP contribution is -1.85. The van der Waals surface area contributed by atoms with Crippen LogP contribution in [0.1, 0.15) is 76.7 Å². The third-order valence-electron chi connectivity index (χ3n) is 3.79. The molecule has 0 nitrogen and oxygen atoms in total. The van der Waals surface area contributed by atoms with Crippen LogP contribution in [0.3, 0.4) is 0 Å². The summed E-state index contributed by atoms with van der Waals surface area (Å²) in [7, 11) is 0. The summed E-state index contributed by atoms with van der Waals surface area (Å²) in [5.74, 6) is 8.46. The molecule has 2 heteroatoms. The van der Waals surface area contributed by atoms with Crippen LogP contribution in [0, 0.1) is 17.7 Å². The summed E-state index contributed by atoms with van der Waals surface area (Å²) in [5, 5.41) is 0. The topological polar surface area (TPSA) is 0 Å². The Morgan fingerprint density at radius 2 is 1.52 bits per heavy atom. The van der Waals surface area contributed by atoms with Crippen LogP contribution in [0.5, 0.6) is 0 Å². The van der Waals surface area contributed by atoms with Gasteiger partial charge in [-0.3, -0.25) is 0 Å². The zero-order valence-corrected chi connectivity index (χ0v) is 15.4. The molecule has 0 amide bonds. The summed E-state index contributed by atoms with van der Waals surface area (Å²) in [6.45, 7) is 2.25. The minimum absolute atomic E-state index is 0.215. The fourth-order valence-corrected chi connectivity index (χ4v) is 3.35. The first-order valence-electron chi connectivity index (χ1n) is 9.15. The van der Waals surface area contributed by atoms with Gasteiger partial charge in [0.05, 0.1) is 5.56 Å². The second-order valence-corrected chi connectivity index (χ2v) is 7.20. The van der Waals surface area contributed by atoms with E-state index >= 15 is 0 Å². The van der Waals surface area contributed by atoms with E-state index in [1.54, 1.807) is 12.1 Å². The predicted octanol–water partition coefficient (Wildman–Crippen LogP) is 6.83. The quantitative estimate of drug-likeness (QED) is 0.298. The Morgan fingerprint density at radius 3 is 2.22 bits per heavy atom. The molecule has 0 spiro atoms. The molecule has 0 aliphatic heterocycles. The van der Waals surface area contributed by atoms with Gasteiger partial charge < -0.3 is 0 Å². The van der Waals surface area contributed by atoms with Gasteiger partial charge in [-0.2, -0.15) is 11.8 Å². The second-order valence-electron chi connectivity index (χ2n) is 5.97. The van der Waals surface area contributed by atoms with Gasteiger partial charge in [0.2, 0.25) is 0 Å². The van der Waals surface area contributed by atoms with Crippen molar-refractivity contribution in [2.24, 2.45) is 0 Å². The molecule has 0 aliphatic carbocycles. The molecule has 1 rings (SSSR count). The molecular formula is C21H31FS. The third kappa shape index (κ3) is 11.3. The van der Waals surface area contributed by atoms with Gasteiger partial charge in [-0.25, -0.2) is 4.39 Å². The van der Waals surface area contributed by atoms with Crippen molar-refractivity contribution in [3.05, 3.63) is 35.6 Å². The Hall–Kier alpha value is -0.940.